The highest BCUT2D eigenvalue weighted by Crippen LogP contribution is 2.19. The van der Waals surface area contributed by atoms with Gasteiger partial charge in [-0.05, 0) is 41.1 Å². The number of sulfonamides is 1. The Morgan fingerprint density at radius 1 is 1.30 bits per heavy atom. The van der Waals surface area contributed by atoms with E-state index in [0.717, 1.165) is 22.5 Å². The van der Waals surface area contributed by atoms with Crippen molar-refractivity contribution in [3.05, 3.63) is 40.1 Å². The molecule has 2 aliphatic rings. The summed E-state index contributed by atoms with van der Waals surface area (Å²) in [5.74, 6) is 0.780. The number of allylic oxidation sites excluding steroid dienone is 2. The molecule has 0 bridgehead atoms. The zero-order chi connectivity index (χ0) is 16.3. The minimum Gasteiger partial charge on any atom is -0.378 e. The van der Waals surface area contributed by atoms with Gasteiger partial charge in [0, 0.05) is 28.9 Å². The Kier molecular flexibility index (Phi) is 5.34. The third-order valence-electron chi connectivity index (χ3n) is 3.73. The highest BCUT2D eigenvalue weighted by molar-refractivity contribution is 14.1. The molecule has 1 fully saturated rings. The molecule has 2 heterocycles. The molecule has 0 radical (unpaired) electrons. The summed E-state index contributed by atoms with van der Waals surface area (Å²) >= 11 is 2.21. The molecule has 1 aliphatic carbocycles. The van der Waals surface area contributed by atoms with Crippen molar-refractivity contribution in [1.29, 1.82) is 0 Å². The van der Waals surface area contributed by atoms with Gasteiger partial charge in [-0.2, -0.15) is 0 Å². The number of halogens is 1. The molecule has 6 nitrogen and oxygen atoms in total. The largest absolute Gasteiger partial charge is 0.378 e. The Bertz CT molecular complexity index is 710. The van der Waals surface area contributed by atoms with Gasteiger partial charge in [-0.15, -0.1) is 0 Å². The van der Waals surface area contributed by atoms with Crippen molar-refractivity contribution in [2.75, 3.05) is 31.2 Å². The number of rotatable bonds is 4. The third kappa shape index (κ3) is 4.31. The van der Waals surface area contributed by atoms with Crippen molar-refractivity contribution in [3.8, 4) is 0 Å². The Hall–Kier alpha value is -0.970. The van der Waals surface area contributed by atoms with Crippen LogP contribution < -0.4 is 9.62 Å². The first-order valence-electron chi connectivity index (χ1n) is 7.39. The quantitative estimate of drug-likeness (QED) is 0.714. The molecule has 1 saturated heterocycles. The third-order valence-corrected chi connectivity index (χ3v) is 6.00. The second-order valence-corrected chi connectivity index (χ2v) is 8.32. The molecular weight excluding hydrogens is 429 g/mol. The molecule has 1 atom stereocenters. The maximum absolute atomic E-state index is 12.4. The first-order valence-corrected chi connectivity index (χ1v) is 9.96. The molecule has 0 aromatic carbocycles. The van der Waals surface area contributed by atoms with E-state index in [1.54, 1.807) is 12.1 Å². The predicted octanol–water partition coefficient (Wildman–Crippen LogP) is 1.84. The van der Waals surface area contributed by atoms with Crippen LogP contribution in [0.3, 0.4) is 0 Å². The normalized spacial score (nSPS) is 22.0. The highest BCUT2D eigenvalue weighted by Gasteiger charge is 2.20. The lowest BCUT2D eigenvalue weighted by molar-refractivity contribution is 0.122. The molecular formula is C15H18IN3O3S. The second-order valence-electron chi connectivity index (χ2n) is 5.36. The van der Waals surface area contributed by atoms with Crippen LogP contribution in [0, 0.1) is 0 Å². The number of pyridine rings is 1. The topological polar surface area (TPSA) is 71.5 Å². The minimum absolute atomic E-state index is 0.187. The summed E-state index contributed by atoms with van der Waals surface area (Å²) in [6.45, 7) is 2.89. The Morgan fingerprint density at radius 2 is 2.09 bits per heavy atom. The van der Waals surface area contributed by atoms with Crippen LogP contribution in [0.15, 0.2) is 45.0 Å². The van der Waals surface area contributed by atoms with Crippen molar-refractivity contribution in [3.63, 3.8) is 0 Å². The van der Waals surface area contributed by atoms with E-state index in [1.807, 2.05) is 18.2 Å². The number of nitrogens with zero attached hydrogens (tertiary/aromatic N) is 2. The molecule has 1 N–H and O–H groups in total. The maximum atomic E-state index is 12.4. The van der Waals surface area contributed by atoms with E-state index < -0.39 is 10.0 Å². The van der Waals surface area contributed by atoms with Crippen LogP contribution in [0.5, 0.6) is 0 Å². The number of morpholine rings is 1. The summed E-state index contributed by atoms with van der Waals surface area (Å²) in [5.41, 5.74) is 0. The zero-order valence-corrected chi connectivity index (χ0v) is 15.5. The van der Waals surface area contributed by atoms with E-state index >= 15 is 0 Å². The van der Waals surface area contributed by atoms with Crippen LogP contribution in [-0.2, 0) is 14.8 Å². The lowest BCUT2D eigenvalue weighted by atomic mass is 10.1. The minimum atomic E-state index is -3.56. The fraction of sp³-hybridized carbons (Fsp3) is 0.400. The van der Waals surface area contributed by atoms with Crippen LogP contribution in [0.25, 0.3) is 0 Å². The maximum Gasteiger partial charge on any atom is 0.242 e. The van der Waals surface area contributed by atoms with E-state index in [1.165, 1.54) is 6.20 Å². The molecule has 1 aromatic rings. The average molecular weight is 447 g/mol. The first-order chi connectivity index (χ1) is 11.0. The smallest absolute Gasteiger partial charge is 0.242 e. The number of anilines is 1. The molecule has 1 unspecified atom stereocenters. The number of hydrogen-bond acceptors (Lipinski definition) is 5. The summed E-state index contributed by atoms with van der Waals surface area (Å²) in [4.78, 5) is 6.57. The van der Waals surface area contributed by atoms with Gasteiger partial charge in [0.2, 0.25) is 10.0 Å². The predicted molar refractivity (Wildman–Crippen MR) is 97.2 cm³/mol. The Labute approximate surface area is 149 Å². The lowest BCUT2D eigenvalue weighted by Crippen LogP contribution is -2.37. The van der Waals surface area contributed by atoms with E-state index in [9.17, 15) is 8.42 Å². The highest BCUT2D eigenvalue weighted by atomic mass is 127. The van der Waals surface area contributed by atoms with Gasteiger partial charge in [-0.3, -0.25) is 0 Å². The van der Waals surface area contributed by atoms with Gasteiger partial charge < -0.3 is 9.64 Å². The zero-order valence-electron chi connectivity index (χ0n) is 12.5. The summed E-state index contributed by atoms with van der Waals surface area (Å²) < 4.78 is 34.0. The van der Waals surface area contributed by atoms with Crippen LogP contribution in [0.4, 0.5) is 5.82 Å². The van der Waals surface area contributed by atoms with Crippen molar-refractivity contribution in [1.82, 2.24) is 9.71 Å². The molecule has 8 heteroatoms. The SMILES string of the molecule is O=S(=O)(NC1C=CC(I)=CC1)c1ccc(N2CCOCC2)nc1. The second kappa shape index (κ2) is 7.29. The fourth-order valence-corrected chi connectivity index (χ4v) is 4.07. The fourth-order valence-electron chi connectivity index (χ4n) is 2.46. The number of hydrogen-bond donors (Lipinski definition) is 1. The van der Waals surface area contributed by atoms with Gasteiger partial charge in [-0.1, -0.05) is 18.2 Å². The van der Waals surface area contributed by atoms with Crippen LogP contribution in [0.2, 0.25) is 0 Å². The van der Waals surface area contributed by atoms with Gasteiger partial charge in [0.1, 0.15) is 10.7 Å². The number of aromatic nitrogens is 1. The summed E-state index contributed by atoms with van der Waals surface area (Å²) in [6, 6.07) is 3.14. The van der Waals surface area contributed by atoms with Gasteiger partial charge in [0.25, 0.3) is 0 Å². The van der Waals surface area contributed by atoms with Crippen molar-refractivity contribution in [2.45, 2.75) is 17.4 Å². The van der Waals surface area contributed by atoms with Crippen LogP contribution in [0.1, 0.15) is 6.42 Å². The van der Waals surface area contributed by atoms with Crippen molar-refractivity contribution in [2.24, 2.45) is 0 Å². The average Bonchev–Trinajstić information content (AvgIpc) is 2.58. The van der Waals surface area contributed by atoms with E-state index in [2.05, 4.69) is 37.2 Å². The molecule has 0 amide bonds. The van der Waals surface area contributed by atoms with E-state index in [-0.39, 0.29) is 10.9 Å². The Balaban J connectivity index is 1.69. The molecule has 3 rings (SSSR count). The standard InChI is InChI=1S/C15H18IN3O3S/c16-12-1-3-13(4-2-12)18-23(20,21)14-5-6-15(17-11-14)19-7-9-22-10-8-19/h1-3,5-6,11,13,18H,4,7-10H2. The Morgan fingerprint density at radius 3 is 2.70 bits per heavy atom. The van der Waals surface area contributed by atoms with E-state index in [4.69, 9.17) is 4.74 Å². The molecule has 23 heavy (non-hydrogen) atoms. The first kappa shape index (κ1) is 16.9. The monoisotopic (exact) mass is 447 g/mol. The van der Waals surface area contributed by atoms with Crippen LogP contribution >= 0.6 is 22.6 Å². The molecule has 0 spiro atoms. The molecule has 1 aromatic heterocycles. The van der Waals surface area contributed by atoms with Gasteiger partial charge in [0.15, 0.2) is 0 Å². The van der Waals surface area contributed by atoms with Gasteiger partial charge >= 0.3 is 0 Å². The van der Waals surface area contributed by atoms with Crippen molar-refractivity contribution < 1.29 is 13.2 Å². The summed E-state index contributed by atoms with van der Waals surface area (Å²) in [7, 11) is -3.56. The van der Waals surface area contributed by atoms with E-state index in [0.29, 0.717) is 19.6 Å². The number of ether oxygens (including phenoxy) is 1. The summed E-state index contributed by atoms with van der Waals surface area (Å²) in [5, 5.41) is 0. The lowest BCUT2D eigenvalue weighted by Gasteiger charge is -2.27. The van der Waals surface area contributed by atoms with Crippen molar-refractivity contribution >= 4 is 38.4 Å². The molecule has 0 saturated carbocycles. The summed E-state index contributed by atoms with van der Waals surface area (Å²) in [6.07, 6.45) is 7.87. The molecule has 124 valence electrons. The number of nitrogens with one attached hydrogen (secondary N) is 1. The van der Waals surface area contributed by atoms with Gasteiger partial charge in [-0.25, -0.2) is 18.1 Å². The van der Waals surface area contributed by atoms with Crippen LogP contribution in [-0.4, -0.2) is 45.7 Å². The molecule has 1 aliphatic heterocycles. The van der Waals surface area contributed by atoms with Gasteiger partial charge in [0.05, 0.1) is 13.2 Å².